The Morgan fingerprint density at radius 1 is 1.03 bits per heavy atom. The fourth-order valence-electron chi connectivity index (χ4n) is 3.17. The summed E-state index contributed by atoms with van der Waals surface area (Å²) in [6.45, 7) is -0.214. The van der Waals surface area contributed by atoms with Crippen LogP contribution in [0, 0.1) is 0 Å². The third-order valence-corrected chi connectivity index (χ3v) is 4.77. The van der Waals surface area contributed by atoms with Gasteiger partial charge in [0, 0.05) is 45.0 Å². The molecule has 0 aliphatic carbocycles. The Bertz CT molecular complexity index is 1180. The smallest absolute Gasteiger partial charge is 0.416 e. The lowest BCUT2D eigenvalue weighted by molar-refractivity contribution is -0.137. The number of hydrogen-bond acceptors (Lipinski definition) is 8. The molecule has 0 unspecified atom stereocenters. The van der Waals surface area contributed by atoms with Gasteiger partial charge >= 0.3 is 12.1 Å². The van der Waals surface area contributed by atoms with E-state index in [2.05, 4.69) is 10.4 Å². The number of methoxy groups -OCH3 is 3. The maximum absolute atomic E-state index is 13.1. The highest BCUT2D eigenvalue weighted by Crippen LogP contribution is 2.36. The van der Waals surface area contributed by atoms with Crippen LogP contribution in [0.5, 0.6) is 11.5 Å². The number of nitrogens with one attached hydrogen (secondary N) is 1. The van der Waals surface area contributed by atoms with Crippen LogP contribution in [-0.2, 0) is 27.4 Å². The van der Waals surface area contributed by atoms with Crippen LogP contribution in [0.25, 0.3) is 11.3 Å². The number of aromatic nitrogens is 2. The maximum atomic E-state index is 13.1. The van der Waals surface area contributed by atoms with Crippen molar-refractivity contribution in [2.75, 3.05) is 40.2 Å². The molecule has 12 heteroatoms. The van der Waals surface area contributed by atoms with Gasteiger partial charge in [-0.25, -0.2) is 4.79 Å². The van der Waals surface area contributed by atoms with Crippen molar-refractivity contribution >= 4 is 17.5 Å². The number of hydrogen-bond donors (Lipinski definition) is 1. The first-order chi connectivity index (χ1) is 16.7. The van der Waals surface area contributed by atoms with Gasteiger partial charge in [-0.1, -0.05) is 12.1 Å². The van der Waals surface area contributed by atoms with Crippen molar-refractivity contribution in [1.29, 1.82) is 0 Å². The average Bonchev–Trinajstić information content (AvgIpc) is 3.20. The predicted octanol–water partition coefficient (Wildman–Crippen LogP) is 4.60. The summed E-state index contributed by atoms with van der Waals surface area (Å²) < 4.78 is 66.7. The number of benzene rings is 2. The molecule has 2 aromatic carbocycles. The highest BCUT2D eigenvalue weighted by Gasteiger charge is 2.30. The molecule has 1 N–H and O–H groups in total. The quantitative estimate of drug-likeness (QED) is 0.322. The molecule has 1 aromatic heterocycles. The van der Waals surface area contributed by atoms with Gasteiger partial charge in [-0.2, -0.15) is 18.3 Å². The monoisotopic (exact) mass is 495 g/mol. The fourth-order valence-corrected chi connectivity index (χ4v) is 3.17. The number of nitrogens with zero attached hydrogens (tertiary/aromatic N) is 2. The summed E-state index contributed by atoms with van der Waals surface area (Å²) in [6.07, 6.45) is -4.48. The molecule has 9 nitrogen and oxygen atoms in total. The van der Waals surface area contributed by atoms with Crippen LogP contribution in [0.15, 0.2) is 42.5 Å². The molecule has 0 amide bonds. The standard InChI is InChI=1S/C23H24F3N3O6/c1-29-20(11-17(28-29)14-6-5-7-15(8-14)23(24,25)26)27-18-9-16(34-12-31-2)10-19(35-13-32-3)21(18)22(30)33-4/h5-11,27H,12-13H2,1-4H3. The molecule has 0 aliphatic heterocycles. The third-order valence-electron chi connectivity index (χ3n) is 4.77. The van der Waals surface area contributed by atoms with Gasteiger partial charge in [0.1, 0.15) is 22.9 Å². The molecule has 3 aromatic rings. The molecule has 188 valence electrons. The second-order valence-electron chi connectivity index (χ2n) is 7.18. The van der Waals surface area contributed by atoms with Gasteiger partial charge in [-0.3, -0.25) is 4.68 Å². The fraction of sp³-hybridized carbons (Fsp3) is 0.304. The lowest BCUT2D eigenvalue weighted by Crippen LogP contribution is -2.12. The molecule has 0 radical (unpaired) electrons. The van der Waals surface area contributed by atoms with Crippen molar-refractivity contribution in [3.05, 3.63) is 53.6 Å². The molecule has 35 heavy (non-hydrogen) atoms. The Morgan fingerprint density at radius 2 is 1.74 bits per heavy atom. The molecule has 1 heterocycles. The normalized spacial score (nSPS) is 11.3. The number of esters is 1. The van der Waals surface area contributed by atoms with E-state index in [1.165, 1.54) is 50.3 Å². The highest BCUT2D eigenvalue weighted by molar-refractivity contribution is 6.00. The lowest BCUT2D eigenvalue weighted by atomic mass is 10.1. The topological polar surface area (TPSA) is 93.1 Å². The van der Waals surface area contributed by atoms with E-state index in [1.54, 1.807) is 13.1 Å². The van der Waals surface area contributed by atoms with E-state index in [0.29, 0.717) is 17.3 Å². The zero-order valence-electron chi connectivity index (χ0n) is 19.4. The van der Waals surface area contributed by atoms with Crippen molar-refractivity contribution in [3.63, 3.8) is 0 Å². The van der Waals surface area contributed by atoms with E-state index < -0.39 is 17.7 Å². The first-order valence-corrected chi connectivity index (χ1v) is 10.2. The summed E-state index contributed by atoms with van der Waals surface area (Å²) in [5, 5.41) is 7.37. The average molecular weight is 495 g/mol. The van der Waals surface area contributed by atoms with Gasteiger partial charge < -0.3 is 29.0 Å². The summed E-state index contributed by atoms with van der Waals surface area (Å²) >= 11 is 0. The predicted molar refractivity (Wildman–Crippen MR) is 120 cm³/mol. The minimum absolute atomic E-state index is 0.0520. The summed E-state index contributed by atoms with van der Waals surface area (Å²) in [5.41, 5.74) is 0.0821. The van der Waals surface area contributed by atoms with Crippen LogP contribution < -0.4 is 14.8 Å². The Balaban J connectivity index is 2.04. The van der Waals surface area contributed by atoms with Crippen LogP contribution in [0.1, 0.15) is 15.9 Å². The van der Waals surface area contributed by atoms with Crippen molar-refractivity contribution in [2.45, 2.75) is 6.18 Å². The maximum Gasteiger partial charge on any atom is 0.416 e. The minimum Gasteiger partial charge on any atom is -0.467 e. The van der Waals surface area contributed by atoms with Gasteiger partial charge in [0.15, 0.2) is 13.6 Å². The van der Waals surface area contributed by atoms with Gasteiger partial charge in [0.05, 0.1) is 24.1 Å². The van der Waals surface area contributed by atoms with Gasteiger partial charge in [0.2, 0.25) is 0 Å². The number of alkyl halides is 3. The van der Waals surface area contributed by atoms with Crippen LogP contribution in [0.4, 0.5) is 24.7 Å². The largest absolute Gasteiger partial charge is 0.467 e. The van der Waals surface area contributed by atoms with Gasteiger partial charge in [-0.15, -0.1) is 0 Å². The Hall–Kier alpha value is -3.77. The highest BCUT2D eigenvalue weighted by atomic mass is 19.4. The number of carbonyl (C=O) groups is 1. The summed E-state index contributed by atoms with van der Waals surface area (Å²) in [5.74, 6) is 0.116. The van der Waals surface area contributed by atoms with E-state index in [4.69, 9.17) is 23.7 Å². The van der Waals surface area contributed by atoms with E-state index in [-0.39, 0.29) is 36.1 Å². The second kappa shape index (κ2) is 11.1. The van der Waals surface area contributed by atoms with E-state index in [9.17, 15) is 18.0 Å². The van der Waals surface area contributed by atoms with E-state index >= 15 is 0 Å². The van der Waals surface area contributed by atoms with Crippen molar-refractivity contribution in [3.8, 4) is 22.8 Å². The lowest BCUT2D eigenvalue weighted by Gasteiger charge is -2.17. The van der Waals surface area contributed by atoms with Crippen molar-refractivity contribution < 1.29 is 41.7 Å². The molecule has 0 fully saturated rings. The number of ether oxygens (including phenoxy) is 5. The summed E-state index contributed by atoms with van der Waals surface area (Å²) in [4.78, 5) is 12.6. The second-order valence-corrected chi connectivity index (χ2v) is 7.18. The molecule has 0 saturated heterocycles. The van der Waals surface area contributed by atoms with E-state index in [0.717, 1.165) is 12.1 Å². The number of rotatable bonds is 10. The zero-order valence-corrected chi connectivity index (χ0v) is 19.4. The number of anilines is 2. The Labute approximate surface area is 199 Å². The number of aryl methyl sites for hydroxylation is 1. The third kappa shape index (κ3) is 6.22. The molecule has 0 saturated carbocycles. The number of carbonyl (C=O) groups excluding carboxylic acids is 1. The molecule has 3 rings (SSSR count). The molecular formula is C23H24F3N3O6. The molecule has 0 bridgehead atoms. The molecule has 0 aliphatic rings. The van der Waals surface area contributed by atoms with Crippen molar-refractivity contribution in [1.82, 2.24) is 9.78 Å². The SMILES string of the molecule is COCOc1cc(Nc2cc(-c3cccc(C(F)(F)F)c3)nn2C)c(C(=O)OC)c(OCOC)c1. The molecular weight excluding hydrogens is 471 g/mol. The van der Waals surface area contributed by atoms with Crippen molar-refractivity contribution in [2.24, 2.45) is 7.05 Å². The van der Waals surface area contributed by atoms with Crippen LogP contribution in [0.3, 0.4) is 0 Å². The molecule has 0 atom stereocenters. The first kappa shape index (κ1) is 25.8. The van der Waals surface area contributed by atoms with Gasteiger partial charge in [0.25, 0.3) is 0 Å². The molecule has 0 spiro atoms. The van der Waals surface area contributed by atoms with Crippen LogP contribution in [0.2, 0.25) is 0 Å². The summed E-state index contributed by atoms with van der Waals surface area (Å²) in [6, 6.07) is 9.40. The zero-order chi connectivity index (χ0) is 25.6. The first-order valence-electron chi connectivity index (χ1n) is 10.2. The Kier molecular flexibility index (Phi) is 8.20. The Morgan fingerprint density at radius 3 is 2.40 bits per heavy atom. The summed E-state index contributed by atoms with van der Waals surface area (Å²) in [7, 11) is 5.70. The number of halogens is 3. The van der Waals surface area contributed by atoms with E-state index in [1.807, 2.05) is 0 Å². The minimum atomic E-state index is -4.48. The van der Waals surface area contributed by atoms with Gasteiger partial charge in [-0.05, 0) is 12.1 Å². The van der Waals surface area contributed by atoms with Crippen LogP contribution >= 0.6 is 0 Å². The van der Waals surface area contributed by atoms with Crippen LogP contribution in [-0.4, -0.2) is 50.7 Å².